The molecule has 0 aliphatic heterocycles. The van der Waals surface area contributed by atoms with Gasteiger partial charge in [-0.05, 0) is 22.4 Å². The Labute approximate surface area is 79.6 Å². The van der Waals surface area contributed by atoms with Crippen LogP contribution in [0.25, 0.3) is 0 Å². The second-order valence-corrected chi connectivity index (χ2v) is 3.39. The van der Waals surface area contributed by atoms with Crippen molar-refractivity contribution >= 4 is 15.9 Å². The zero-order chi connectivity index (χ0) is 8.97. The number of halogens is 1. The first-order chi connectivity index (χ1) is 5.75. The van der Waals surface area contributed by atoms with Crippen LogP contribution < -0.4 is 5.56 Å². The van der Waals surface area contributed by atoms with Crippen molar-refractivity contribution in [1.29, 1.82) is 0 Å². The normalized spacial score (nSPS) is 10.2. The summed E-state index contributed by atoms with van der Waals surface area (Å²) < 4.78 is 2.43. The van der Waals surface area contributed by atoms with Crippen LogP contribution >= 0.6 is 15.9 Å². The van der Waals surface area contributed by atoms with Crippen molar-refractivity contribution in [1.82, 2.24) is 9.55 Å². The fourth-order valence-electron chi connectivity index (χ4n) is 0.940. The van der Waals surface area contributed by atoms with Crippen molar-refractivity contribution < 1.29 is 0 Å². The monoisotopic (exact) mass is 230 g/mol. The molecule has 0 aliphatic rings. The summed E-state index contributed by atoms with van der Waals surface area (Å²) >= 11 is 3.28. The van der Waals surface area contributed by atoms with Gasteiger partial charge < -0.3 is 4.57 Å². The third-order valence-corrected chi connectivity index (χ3v) is 2.26. The Morgan fingerprint density at radius 2 is 2.33 bits per heavy atom. The van der Waals surface area contributed by atoms with E-state index in [2.05, 4.69) is 27.8 Å². The van der Waals surface area contributed by atoms with E-state index >= 15 is 0 Å². The summed E-state index contributed by atoms with van der Waals surface area (Å²) in [4.78, 5) is 15.0. The van der Waals surface area contributed by atoms with E-state index in [0.717, 1.165) is 24.0 Å². The molecule has 1 aromatic rings. The van der Waals surface area contributed by atoms with Gasteiger partial charge in [0.2, 0.25) is 0 Å². The van der Waals surface area contributed by atoms with Gasteiger partial charge in [0, 0.05) is 6.54 Å². The molecule has 0 atom stereocenters. The van der Waals surface area contributed by atoms with E-state index in [0.29, 0.717) is 0 Å². The maximum absolute atomic E-state index is 11.2. The topological polar surface area (TPSA) is 34.9 Å². The van der Waals surface area contributed by atoms with Gasteiger partial charge in [-0.3, -0.25) is 9.78 Å². The third kappa shape index (κ3) is 2.17. The van der Waals surface area contributed by atoms with Crippen molar-refractivity contribution in [3.63, 3.8) is 0 Å². The number of hydrogen-bond donors (Lipinski definition) is 0. The summed E-state index contributed by atoms with van der Waals surface area (Å²) in [6, 6.07) is 0. The van der Waals surface area contributed by atoms with Crippen LogP contribution in [0.4, 0.5) is 0 Å². The van der Waals surface area contributed by atoms with E-state index in [1.54, 1.807) is 10.8 Å². The highest BCUT2D eigenvalue weighted by Crippen LogP contribution is 2.05. The molecule has 0 aliphatic carbocycles. The van der Waals surface area contributed by atoms with Crippen LogP contribution in [0.2, 0.25) is 0 Å². The molecule has 0 aromatic carbocycles. The van der Waals surface area contributed by atoms with Crippen LogP contribution in [0.1, 0.15) is 19.8 Å². The van der Waals surface area contributed by atoms with Gasteiger partial charge >= 0.3 is 0 Å². The fourth-order valence-corrected chi connectivity index (χ4v) is 1.41. The van der Waals surface area contributed by atoms with Crippen molar-refractivity contribution in [2.75, 3.05) is 0 Å². The quantitative estimate of drug-likeness (QED) is 0.795. The molecule has 0 spiro atoms. The Morgan fingerprint density at radius 3 is 2.92 bits per heavy atom. The van der Waals surface area contributed by atoms with Gasteiger partial charge in [0.1, 0.15) is 4.60 Å². The fraction of sp³-hybridized carbons (Fsp3) is 0.500. The van der Waals surface area contributed by atoms with Crippen LogP contribution in [-0.4, -0.2) is 9.55 Å². The maximum Gasteiger partial charge on any atom is 0.269 e. The Hall–Kier alpha value is -0.640. The van der Waals surface area contributed by atoms with Gasteiger partial charge in [-0.25, -0.2) is 0 Å². The highest BCUT2D eigenvalue weighted by molar-refractivity contribution is 9.10. The van der Waals surface area contributed by atoms with Crippen molar-refractivity contribution in [2.45, 2.75) is 26.3 Å². The summed E-state index contributed by atoms with van der Waals surface area (Å²) in [5.74, 6) is 0. The Morgan fingerprint density at radius 1 is 1.58 bits per heavy atom. The van der Waals surface area contributed by atoms with Gasteiger partial charge in [-0.15, -0.1) is 0 Å². The minimum atomic E-state index is -0.0437. The number of unbranched alkanes of at least 4 members (excludes halogenated alkanes) is 1. The van der Waals surface area contributed by atoms with Crippen LogP contribution in [0.5, 0.6) is 0 Å². The first kappa shape index (κ1) is 9.45. The average molecular weight is 231 g/mol. The molecule has 0 saturated heterocycles. The van der Waals surface area contributed by atoms with Crippen molar-refractivity contribution in [3.05, 3.63) is 27.4 Å². The molecular formula is C8H11BrN2O. The van der Waals surface area contributed by atoms with E-state index in [1.165, 1.54) is 6.20 Å². The lowest BCUT2D eigenvalue weighted by Gasteiger charge is -2.05. The highest BCUT2D eigenvalue weighted by atomic mass is 79.9. The highest BCUT2D eigenvalue weighted by Gasteiger charge is 1.98. The lowest BCUT2D eigenvalue weighted by molar-refractivity contribution is 0.598. The SMILES string of the molecule is CCCCn1c(Br)cncc1=O. The molecule has 0 radical (unpaired) electrons. The second-order valence-electron chi connectivity index (χ2n) is 2.57. The predicted molar refractivity (Wildman–Crippen MR) is 51.1 cm³/mol. The third-order valence-electron chi connectivity index (χ3n) is 1.63. The molecule has 1 aromatic heterocycles. The lowest BCUT2D eigenvalue weighted by Crippen LogP contribution is -2.20. The molecule has 0 amide bonds. The number of aromatic nitrogens is 2. The van der Waals surface area contributed by atoms with Crippen LogP contribution in [0.15, 0.2) is 21.8 Å². The minimum absolute atomic E-state index is 0.0437. The number of nitrogens with zero attached hydrogens (tertiary/aromatic N) is 2. The van der Waals surface area contributed by atoms with Gasteiger partial charge in [-0.1, -0.05) is 13.3 Å². The molecule has 0 bridgehead atoms. The summed E-state index contributed by atoms with van der Waals surface area (Å²) in [6.07, 6.45) is 5.07. The number of hydrogen-bond acceptors (Lipinski definition) is 2. The number of rotatable bonds is 3. The molecular weight excluding hydrogens is 220 g/mol. The zero-order valence-corrected chi connectivity index (χ0v) is 8.54. The molecule has 0 unspecified atom stereocenters. The van der Waals surface area contributed by atoms with Crippen LogP contribution in [-0.2, 0) is 6.54 Å². The molecule has 12 heavy (non-hydrogen) atoms. The van der Waals surface area contributed by atoms with Crippen LogP contribution in [0, 0.1) is 0 Å². The predicted octanol–water partition coefficient (Wildman–Crippen LogP) is 1.81. The van der Waals surface area contributed by atoms with Crippen molar-refractivity contribution in [2.24, 2.45) is 0 Å². The average Bonchev–Trinajstić information content (AvgIpc) is 2.04. The smallest absolute Gasteiger partial charge is 0.269 e. The Bertz CT molecular complexity index is 308. The molecule has 0 N–H and O–H groups in total. The Kier molecular flexibility index (Phi) is 3.47. The van der Waals surface area contributed by atoms with Crippen LogP contribution in [0.3, 0.4) is 0 Å². The maximum atomic E-state index is 11.2. The molecule has 4 heteroatoms. The minimum Gasteiger partial charge on any atom is -0.300 e. The Balaban J connectivity index is 2.89. The summed E-state index contributed by atoms with van der Waals surface area (Å²) in [5, 5.41) is 0. The zero-order valence-electron chi connectivity index (χ0n) is 6.96. The van der Waals surface area contributed by atoms with Gasteiger partial charge in [0.25, 0.3) is 5.56 Å². The molecule has 0 fully saturated rings. The summed E-state index contributed by atoms with van der Waals surface area (Å²) in [5.41, 5.74) is -0.0437. The van der Waals surface area contributed by atoms with E-state index < -0.39 is 0 Å². The molecule has 66 valence electrons. The second kappa shape index (κ2) is 4.40. The largest absolute Gasteiger partial charge is 0.300 e. The first-order valence-electron chi connectivity index (χ1n) is 3.96. The van der Waals surface area contributed by atoms with Crippen molar-refractivity contribution in [3.8, 4) is 0 Å². The molecule has 1 rings (SSSR count). The molecule has 0 saturated carbocycles. The molecule has 3 nitrogen and oxygen atoms in total. The van der Waals surface area contributed by atoms with Gasteiger partial charge in [-0.2, -0.15) is 0 Å². The van der Waals surface area contributed by atoms with E-state index in [1.807, 2.05) is 0 Å². The lowest BCUT2D eigenvalue weighted by atomic mass is 10.3. The standard InChI is InChI=1S/C8H11BrN2O/c1-2-3-4-11-7(9)5-10-6-8(11)12/h5-6H,2-4H2,1H3. The van der Waals surface area contributed by atoms with E-state index in [4.69, 9.17) is 0 Å². The van der Waals surface area contributed by atoms with Gasteiger partial charge in [0.05, 0.1) is 12.4 Å². The molecule has 1 heterocycles. The summed E-state index contributed by atoms with van der Waals surface area (Å²) in [6.45, 7) is 2.86. The first-order valence-corrected chi connectivity index (χ1v) is 4.75. The summed E-state index contributed by atoms with van der Waals surface area (Å²) in [7, 11) is 0. The van der Waals surface area contributed by atoms with E-state index in [9.17, 15) is 4.79 Å². The van der Waals surface area contributed by atoms with Gasteiger partial charge in [0.15, 0.2) is 0 Å². The van der Waals surface area contributed by atoms with E-state index in [-0.39, 0.29) is 5.56 Å².